The molecule has 1 rings (SSSR count). The number of likely N-dealkylation sites (N-methyl/N-ethyl adjacent to an activating group) is 1. The Morgan fingerprint density at radius 1 is 1.22 bits per heavy atom. The predicted octanol–water partition coefficient (Wildman–Crippen LogP) is 1.65. The zero-order chi connectivity index (χ0) is 13.5. The zero-order valence-electron chi connectivity index (χ0n) is 11.7. The molecule has 2 unspecified atom stereocenters. The summed E-state index contributed by atoms with van der Waals surface area (Å²) in [6.45, 7) is 7.96. The van der Waals surface area contributed by atoms with Gasteiger partial charge in [0.25, 0.3) is 0 Å². The molecule has 0 aliphatic rings. The van der Waals surface area contributed by atoms with Crippen LogP contribution in [-0.2, 0) is 6.42 Å². The van der Waals surface area contributed by atoms with Gasteiger partial charge in [0.2, 0.25) is 0 Å². The van der Waals surface area contributed by atoms with Crippen LogP contribution in [0.4, 0.5) is 0 Å². The van der Waals surface area contributed by atoms with E-state index in [-0.39, 0.29) is 6.04 Å². The molecule has 18 heavy (non-hydrogen) atoms. The van der Waals surface area contributed by atoms with Crippen LogP contribution in [-0.4, -0.2) is 41.3 Å². The molecule has 0 saturated heterocycles. The maximum absolute atomic E-state index is 10.2. The first-order valence-corrected chi connectivity index (χ1v) is 6.76. The Balaban J connectivity index is 2.48. The molecule has 0 heterocycles. The topological polar surface area (TPSA) is 49.5 Å². The van der Waals surface area contributed by atoms with E-state index in [0.29, 0.717) is 12.6 Å². The van der Waals surface area contributed by atoms with Crippen LogP contribution in [0.2, 0.25) is 0 Å². The fourth-order valence-electron chi connectivity index (χ4n) is 2.10. The molecule has 0 radical (unpaired) electrons. The first-order valence-electron chi connectivity index (χ1n) is 6.76. The van der Waals surface area contributed by atoms with Crippen molar-refractivity contribution in [3.05, 3.63) is 35.9 Å². The van der Waals surface area contributed by atoms with E-state index in [1.165, 1.54) is 5.56 Å². The normalized spacial score (nSPS) is 15.1. The average molecular weight is 250 g/mol. The SMILES string of the molecule is CCN(CC(O)C(N)Cc1ccccc1)C(C)C. The second-order valence-corrected chi connectivity index (χ2v) is 5.10. The van der Waals surface area contributed by atoms with Gasteiger partial charge in [-0.15, -0.1) is 0 Å². The van der Waals surface area contributed by atoms with Crippen molar-refractivity contribution in [3.63, 3.8) is 0 Å². The monoisotopic (exact) mass is 250 g/mol. The number of rotatable bonds is 7. The Hall–Kier alpha value is -0.900. The van der Waals surface area contributed by atoms with E-state index in [1.807, 2.05) is 30.3 Å². The largest absolute Gasteiger partial charge is 0.390 e. The molecule has 0 aliphatic carbocycles. The van der Waals surface area contributed by atoms with E-state index in [0.717, 1.165) is 13.0 Å². The summed E-state index contributed by atoms with van der Waals surface area (Å²) in [5.74, 6) is 0. The average Bonchev–Trinajstić information content (AvgIpc) is 2.36. The van der Waals surface area contributed by atoms with Crippen molar-refractivity contribution < 1.29 is 5.11 Å². The van der Waals surface area contributed by atoms with Gasteiger partial charge in [-0.1, -0.05) is 37.3 Å². The van der Waals surface area contributed by atoms with Gasteiger partial charge < -0.3 is 10.8 Å². The summed E-state index contributed by atoms with van der Waals surface area (Å²) in [6, 6.07) is 10.3. The molecule has 0 amide bonds. The van der Waals surface area contributed by atoms with E-state index in [2.05, 4.69) is 25.7 Å². The lowest BCUT2D eigenvalue weighted by Crippen LogP contribution is -2.46. The molecule has 0 saturated carbocycles. The first kappa shape index (κ1) is 15.2. The molecule has 0 bridgehead atoms. The van der Waals surface area contributed by atoms with Crippen molar-refractivity contribution in [2.45, 2.75) is 45.4 Å². The Morgan fingerprint density at radius 3 is 2.33 bits per heavy atom. The molecular weight excluding hydrogens is 224 g/mol. The summed E-state index contributed by atoms with van der Waals surface area (Å²) in [5.41, 5.74) is 7.25. The van der Waals surface area contributed by atoms with Crippen LogP contribution in [0.15, 0.2) is 30.3 Å². The molecule has 2 atom stereocenters. The van der Waals surface area contributed by atoms with E-state index in [1.54, 1.807) is 0 Å². The van der Waals surface area contributed by atoms with Crippen molar-refractivity contribution in [1.29, 1.82) is 0 Å². The second-order valence-electron chi connectivity index (χ2n) is 5.10. The number of hydrogen-bond acceptors (Lipinski definition) is 3. The van der Waals surface area contributed by atoms with Crippen LogP contribution in [0.25, 0.3) is 0 Å². The van der Waals surface area contributed by atoms with Crippen molar-refractivity contribution in [2.24, 2.45) is 5.73 Å². The number of hydrogen-bond donors (Lipinski definition) is 2. The zero-order valence-corrected chi connectivity index (χ0v) is 11.7. The molecule has 0 aromatic heterocycles. The molecule has 0 fully saturated rings. The highest BCUT2D eigenvalue weighted by Crippen LogP contribution is 2.07. The fraction of sp³-hybridized carbons (Fsp3) is 0.600. The summed E-state index contributed by atoms with van der Waals surface area (Å²) < 4.78 is 0. The Bertz CT molecular complexity index is 327. The Kier molecular flexibility index (Phi) is 6.33. The molecule has 3 nitrogen and oxygen atoms in total. The highest BCUT2D eigenvalue weighted by molar-refractivity contribution is 5.16. The molecule has 3 heteroatoms. The molecule has 0 aliphatic heterocycles. The highest BCUT2D eigenvalue weighted by atomic mass is 16.3. The smallest absolute Gasteiger partial charge is 0.0821 e. The summed E-state index contributed by atoms with van der Waals surface area (Å²) >= 11 is 0. The molecule has 1 aromatic rings. The molecular formula is C15H26N2O. The number of aliphatic hydroxyl groups is 1. The lowest BCUT2D eigenvalue weighted by atomic mass is 10.0. The van der Waals surface area contributed by atoms with Gasteiger partial charge in [0.05, 0.1) is 6.10 Å². The maximum Gasteiger partial charge on any atom is 0.0821 e. The van der Waals surface area contributed by atoms with Gasteiger partial charge in [0, 0.05) is 18.6 Å². The number of benzene rings is 1. The minimum Gasteiger partial charge on any atom is -0.390 e. The summed E-state index contributed by atoms with van der Waals surface area (Å²) in [5, 5.41) is 10.2. The van der Waals surface area contributed by atoms with E-state index in [9.17, 15) is 5.11 Å². The van der Waals surface area contributed by atoms with E-state index in [4.69, 9.17) is 5.73 Å². The minimum absolute atomic E-state index is 0.208. The predicted molar refractivity (Wildman–Crippen MR) is 76.5 cm³/mol. The number of nitrogens with zero attached hydrogens (tertiary/aromatic N) is 1. The standard InChI is InChI=1S/C15H26N2O/c1-4-17(12(2)3)11-15(18)14(16)10-13-8-6-5-7-9-13/h5-9,12,14-15,18H,4,10-11,16H2,1-3H3. The summed E-state index contributed by atoms with van der Waals surface area (Å²) in [7, 11) is 0. The van der Waals surface area contributed by atoms with Crippen molar-refractivity contribution in [2.75, 3.05) is 13.1 Å². The third kappa shape index (κ3) is 4.77. The van der Waals surface area contributed by atoms with Crippen molar-refractivity contribution in [1.82, 2.24) is 4.90 Å². The van der Waals surface area contributed by atoms with Crippen LogP contribution in [0.5, 0.6) is 0 Å². The van der Waals surface area contributed by atoms with Gasteiger partial charge in [-0.3, -0.25) is 4.90 Å². The van der Waals surface area contributed by atoms with Crippen LogP contribution in [0.1, 0.15) is 26.3 Å². The number of aliphatic hydroxyl groups excluding tert-OH is 1. The Morgan fingerprint density at radius 2 is 1.83 bits per heavy atom. The minimum atomic E-state index is -0.479. The molecule has 102 valence electrons. The second kappa shape index (κ2) is 7.52. The van der Waals surface area contributed by atoms with E-state index >= 15 is 0 Å². The van der Waals surface area contributed by atoms with Crippen molar-refractivity contribution >= 4 is 0 Å². The third-order valence-electron chi connectivity index (χ3n) is 3.37. The lowest BCUT2D eigenvalue weighted by molar-refractivity contribution is 0.0796. The van der Waals surface area contributed by atoms with Crippen LogP contribution in [0, 0.1) is 0 Å². The van der Waals surface area contributed by atoms with Gasteiger partial charge in [-0.05, 0) is 32.4 Å². The van der Waals surface area contributed by atoms with Crippen molar-refractivity contribution in [3.8, 4) is 0 Å². The third-order valence-corrected chi connectivity index (χ3v) is 3.37. The van der Waals surface area contributed by atoms with Gasteiger partial charge >= 0.3 is 0 Å². The fourth-order valence-corrected chi connectivity index (χ4v) is 2.10. The van der Waals surface area contributed by atoms with Crippen LogP contribution < -0.4 is 5.73 Å². The summed E-state index contributed by atoms with van der Waals surface area (Å²) in [4.78, 5) is 2.23. The molecule has 1 aromatic carbocycles. The number of nitrogens with two attached hydrogens (primary N) is 1. The van der Waals surface area contributed by atoms with Gasteiger partial charge in [0.15, 0.2) is 0 Å². The lowest BCUT2D eigenvalue weighted by Gasteiger charge is -2.29. The summed E-state index contributed by atoms with van der Waals surface area (Å²) in [6.07, 6.45) is 0.241. The molecule has 0 spiro atoms. The van der Waals surface area contributed by atoms with Gasteiger partial charge in [-0.25, -0.2) is 0 Å². The molecule has 3 N–H and O–H groups in total. The van der Waals surface area contributed by atoms with E-state index < -0.39 is 6.10 Å². The first-order chi connectivity index (χ1) is 8.54. The van der Waals surface area contributed by atoms with Gasteiger partial charge in [-0.2, -0.15) is 0 Å². The quantitative estimate of drug-likeness (QED) is 0.773. The maximum atomic E-state index is 10.2. The van der Waals surface area contributed by atoms with Crippen LogP contribution in [0.3, 0.4) is 0 Å². The van der Waals surface area contributed by atoms with Gasteiger partial charge in [0.1, 0.15) is 0 Å². The Labute approximate surface area is 111 Å². The van der Waals surface area contributed by atoms with Crippen LogP contribution >= 0.6 is 0 Å². The highest BCUT2D eigenvalue weighted by Gasteiger charge is 2.19.